The maximum absolute atomic E-state index is 14.3. The Morgan fingerprint density at radius 2 is 1.63 bits per heavy atom. The average Bonchev–Trinajstić information content (AvgIpc) is 2.72. The van der Waals surface area contributed by atoms with Crippen LogP contribution in [-0.2, 0) is 6.18 Å². The Morgan fingerprint density at radius 3 is 2.23 bits per heavy atom. The Bertz CT molecular complexity index is 1080. The highest BCUT2D eigenvalue weighted by molar-refractivity contribution is 5.97. The standard InChI is InChI=1S/C21H14F4N2O3/c22-16-5-2-10-26-18(16)17(12-6-8-15(9-7-12)21(23,24)25)27-19(28)13-3-1-4-14(11-13)20(29)30/h1-11,17H,(H,27,28)(H,29,30)/t17-/m0/s1. The molecule has 2 N–H and O–H groups in total. The smallest absolute Gasteiger partial charge is 0.416 e. The number of amides is 1. The van der Waals surface area contributed by atoms with Crippen LogP contribution < -0.4 is 5.32 Å². The predicted octanol–water partition coefficient (Wildman–Crippen LogP) is 4.46. The number of carbonyl (C=O) groups is 2. The van der Waals surface area contributed by atoms with Gasteiger partial charge in [0.2, 0.25) is 0 Å². The highest BCUT2D eigenvalue weighted by atomic mass is 19.4. The average molecular weight is 418 g/mol. The van der Waals surface area contributed by atoms with Gasteiger partial charge in [0.1, 0.15) is 11.5 Å². The normalized spacial score (nSPS) is 12.3. The number of hydrogen-bond donors (Lipinski definition) is 2. The van der Waals surface area contributed by atoms with Gasteiger partial charge in [-0.05, 0) is 48.0 Å². The zero-order valence-electron chi connectivity index (χ0n) is 15.2. The lowest BCUT2D eigenvalue weighted by Gasteiger charge is -2.20. The topological polar surface area (TPSA) is 79.3 Å². The maximum atomic E-state index is 14.3. The van der Waals surface area contributed by atoms with Crippen molar-refractivity contribution in [2.24, 2.45) is 0 Å². The van der Waals surface area contributed by atoms with Crippen LogP contribution in [0.15, 0.2) is 66.9 Å². The van der Waals surface area contributed by atoms with Crippen molar-refractivity contribution in [3.8, 4) is 0 Å². The fraction of sp³-hybridized carbons (Fsp3) is 0.0952. The molecular weight excluding hydrogens is 404 g/mol. The third-order valence-electron chi connectivity index (χ3n) is 4.28. The Labute approximate surface area is 168 Å². The van der Waals surface area contributed by atoms with Crippen LogP contribution >= 0.6 is 0 Å². The molecule has 0 bridgehead atoms. The second kappa shape index (κ2) is 8.32. The van der Waals surface area contributed by atoms with E-state index in [1.165, 1.54) is 30.5 Å². The Morgan fingerprint density at radius 1 is 0.967 bits per heavy atom. The Hall–Kier alpha value is -3.75. The van der Waals surface area contributed by atoms with Crippen molar-refractivity contribution < 1.29 is 32.3 Å². The van der Waals surface area contributed by atoms with Crippen LogP contribution in [0.4, 0.5) is 17.6 Å². The molecule has 3 rings (SSSR count). The lowest BCUT2D eigenvalue weighted by Crippen LogP contribution is -2.30. The summed E-state index contributed by atoms with van der Waals surface area (Å²) in [6.07, 6.45) is -3.27. The number of aromatic carboxylic acids is 1. The van der Waals surface area contributed by atoms with E-state index in [2.05, 4.69) is 10.3 Å². The zero-order chi connectivity index (χ0) is 21.9. The van der Waals surface area contributed by atoms with Gasteiger partial charge in [-0.2, -0.15) is 13.2 Å². The highest BCUT2D eigenvalue weighted by Crippen LogP contribution is 2.31. The summed E-state index contributed by atoms with van der Waals surface area (Å²) in [5, 5.41) is 11.6. The van der Waals surface area contributed by atoms with Crippen LogP contribution in [0, 0.1) is 5.82 Å². The number of carbonyl (C=O) groups excluding carboxylic acids is 1. The molecular formula is C21H14F4N2O3. The lowest BCUT2D eigenvalue weighted by atomic mass is 10.00. The number of hydrogen-bond acceptors (Lipinski definition) is 3. The third-order valence-corrected chi connectivity index (χ3v) is 4.28. The summed E-state index contributed by atoms with van der Waals surface area (Å²) < 4.78 is 52.9. The first-order valence-corrected chi connectivity index (χ1v) is 8.58. The first-order valence-electron chi connectivity index (χ1n) is 8.58. The summed E-state index contributed by atoms with van der Waals surface area (Å²) in [6.45, 7) is 0. The van der Waals surface area contributed by atoms with E-state index in [1.54, 1.807) is 0 Å². The largest absolute Gasteiger partial charge is 0.478 e. The van der Waals surface area contributed by atoms with Gasteiger partial charge in [-0.25, -0.2) is 9.18 Å². The second-order valence-corrected chi connectivity index (χ2v) is 6.28. The van der Waals surface area contributed by atoms with Crippen LogP contribution in [0.25, 0.3) is 0 Å². The van der Waals surface area contributed by atoms with E-state index in [-0.39, 0.29) is 22.4 Å². The minimum atomic E-state index is -4.55. The number of alkyl halides is 3. The van der Waals surface area contributed by atoms with Crippen molar-refractivity contribution in [1.82, 2.24) is 10.3 Å². The number of halogens is 4. The molecule has 30 heavy (non-hydrogen) atoms. The molecule has 0 aliphatic heterocycles. The molecule has 0 aliphatic rings. The summed E-state index contributed by atoms with van der Waals surface area (Å²) in [7, 11) is 0. The molecule has 154 valence electrons. The van der Waals surface area contributed by atoms with E-state index in [9.17, 15) is 27.2 Å². The SMILES string of the molecule is O=C(O)c1cccc(C(=O)N[C@@H](c2ccc(C(F)(F)F)cc2)c2ncccc2F)c1. The molecule has 1 aromatic heterocycles. The third kappa shape index (κ3) is 4.62. The van der Waals surface area contributed by atoms with Crippen molar-refractivity contribution in [1.29, 1.82) is 0 Å². The number of carboxylic acids is 1. The van der Waals surface area contributed by atoms with Crippen molar-refractivity contribution in [3.05, 3.63) is 101 Å². The molecule has 0 radical (unpaired) electrons. The van der Waals surface area contributed by atoms with E-state index in [0.29, 0.717) is 0 Å². The van der Waals surface area contributed by atoms with Gasteiger partial charge in [-0.3, -0.25) is 9.78 Å². The van der Waals surface area contributed by atoms with Crippen LogP contribution in [0.2, 0.25) is 0 Å². The summed E-state index contributed by atoms with van der Waals surface area (Å²) in [5.74, 6) is -2.74. The lowest BCUT2D eigenvalue weighted by molar-refractivity contribution is -0.137. The number of carboxylic acid groups (broad SMARTS) is 1. The van der Waals surface area contributed by atoms with Gasteiger partial charge in [-0.1, -0.05) is 18.2 Å². The van der Waals surface area contributed by atoms with Gasteiger partial charge < -0.3 is 10.4 Å². The Kier molecular flexibility index (Phi) is 5.81. The summed E-state index contributed by atoms with van der Waals surface area (Å²) >= 11 is 0. The first kappa shape index (κ1) is 21.0. The van der Waals surface area contributed by atoms with Crippen molar-refractivity contribution in [2.75, 3.05) is 0 Å². The number of benzene rings is 2. The number of pyridine rings is 1. The quantitative estimate of drug-likeness (QED) is 0.600. The minimum Gasteiger partial charge on any atom is -0.478 e. The van der Waals surface area contributed by atoms with E-state index >= 15 is 0 Å². The number of nitrogens with one attached hydrogen (secondary N) is 1. The van der Waals surface area contributed by atoms with Gasteiger partial charge in [-0.15, -0.1) is 0 Å². The van der Waals surface area contributed by atoms with Gasteiger partial charge >= 0.3 is 12.1 Å². The van der Waals surface area contributed by atoms with E-state index in [0.717, 1.165) is 36.4 Å². The Balaban J connectivity index is 1.99. The van der Waals surface area contributed by atoms with Gasteiger partial charge in [0, 0.05) is 11.8 Å². The predicted molar refractivity (Wildman–Crippen MR) is 98.3 cm³/mol. The maximum Gasteiger partial charge on any atom is 0.416 e. The van der Waals surface area contributed by atoms with E-state index < -0.39 is 35.5 Å². The van der Waals surface area contributed by atoms with Gasteiger partial charge in [0.05, 0.1) is 17.2 Å². The fourth-order valence-corrected chi connectivity index (χ4v) is 2.79. The molecule has 0 unspecified atom stereocenters. The highest BCUT2D eigenvalue weighted by Gasteiger charge is 2.31. The molecule has 1 heterocycles. The summed E-state index contributed by atoms with van der Waals surface area (Å²) in [6, 6.07) is 10.3. The minimum absolute atomic E-state index is 0.0110. The van der Waals surface area contributed by atoms with Crippen LogP contribution in [0.1, 0.15) is 43.6 Å². The summed E-state index contributed by atoms with van der Waals surface area (Å²) in [5.41, 5.74) is -1.06. The van der Waals surface area contributed by atoms with Gasteiger partial charge in [0.25, 0.3) is 5.91 Å². The van der Waals surface area contributed by atoms with Crippen LogP contribution in [-0.4, -0.2) is 22.0 Å². The van der Waals surface area contributed by atoms with Crippen LogP contribution in [0.5, 0.6) is 0 Å². The molecule has 0 fully saturated rings. The van der Waals surface area contributed by atoms with Gasteiger partial charge in [0.15, 0.2) is 0 Å². The summed E-state index contributed by atoms with van der Waals surface area (Å²) in [4.78, 5) is 27.7. The number of aromatic nitrogens is 1. The number of rotatable bonds is 5. The monoisotopic (exact) mass is 418 g/mol. The molecule has 1 amide bonds. The molecule has 0 aliphatic carbocycles. The van der Waals surface area contributed by atoms with E-state index in [4.69, 9.17) is 5.11 Å². The molecule has 0 spiro atoms. The fourth-order valence-electron chi connectivity index (χ4n) is 2.79. The molecule has 1 atom stereocenters. The molecule has 5 nitrogen and oxygen atoms in total. The van der Waals surface area contributed by atoms with Crippen molar-refractivity contribution >= 4 is 11.9 Å². The number of nitrogens with zero attached hydrogens (tertiary/aromatic N) is 1. The molecule has 0 saturated carbocycles. The molecule has 2 aromatic carbocycles. The van der Waals surface area contributed by atoms with Crippen LogP contribution in [0.3, 0.4) is 0 Å². The molecule has 3 aromatic rings. The second-order valence-electron chi connectivity index (χ2n) is 6.28. The first-order chi connectivity index (χ1) is 14.2. The molecule has 9 heteroatoms. The zero-order valence-corrected chi connectivity index (χ0v) is 15.2. The van der Waals surface area contributed by atoms with Crippen molar-refractivity contribution in [2.45, 2.75) is 12.2 Å². The molecule has 0 saturated heterocycles. The van der Waals surface area contributed by atoms with E-state index in [1.807, 2.05) is 0 Å². The van der Waals surface area contributed by atoms with Crippen molar-refractivity contribution in [3.63, 3.8) is 0 Å².